The number of nitrogens with zero attached hydrogens (tertiary/aromatic N) is 2. The Morgan fingerprint density at radius 3 is 2.72 bits per heavy atom. The molecule has 32 heavy (non-hydrogen) atoms. The predicted octanol–water partition coefficient (Wildman–Crippen LogP) is 3.28. The molecule has 1 aromatic heterocycles. The molecule has 0 bridgehead atoms. The third-order valence-electron chi connectivity index (χ3n) is 5.40. The minimum atomic E-state index is -0.578. The predicted molar refractivity (Wildman–Crippen MR) is 124 cm³/mol. The van der Waals surface area contributed by atoms with Crippen molar-refractivity contribution in [1.29, 1.82) is 10.7 Å². The van der Waals surface area contributed by atoms with Crippen LogP contribution >= 0.6 is 0 Å². The van der Waals surface area contributed by atoms with Gasteiger partial charge in [-0.3, -0.25) is 4.79 Å². The quantitative estimate of drug-likeness (QED) is 0.287. The van der Waals surface area contributed by atoms with Crippen molar-refractivity contribution in [2.24, 2.45) is 5.73 Å². The van der Waals surface area contributed by atoms with Crippen LogP contribution < -0.4 is 16.6 Å². The van der Waals surface area contributed by atoms with Crippen molar-refractivity contribution >= 4 is 39.0 Å². The van der Waals surface area contributed by atoms with Gasteiger partial charge in [-0.25, -0.2) is 9.49 Å². The lowest BCUT2D eigenvalue weighted by Gasteiger charge is -2.17. The maximum atomic E-state index is 15.3. The van der Waals surface area contributed by atoms with Crippen molar-refractivity contribution < 1.29 is 4.39 Å². The molecule has 0 unspecified atom stereocenters. The fraction of sp³-hybridized carbons (Fsp3) is 0.0833. The minimum absolute atomic E-state index is 0.0791. The lowest BCUT2D eigenvalue weighted by Crippen LogP contribution is -2.14. The Morgan fingerprint density at radius 2 is 2.03 bits per heavy atom. The zero-order chi connectivity index (χ0) is 22.8. The van der Waals surface area contributed by atoms with E-state index in [0.717, 1.165) is 6.21 Å². The van der Waals surface area contributed by atoms with Crippen molar-refractivity contribution in [2.45, 2.75) is 6.54 Å². The highest BCUT2D eigenvalue weighted by molar-refractivity contribution is 6.19. The van der Waals surface area contributed by atoms with Gasteiger partial charge >= 0.3 is 0 Å². The zero-order valence-corrected chi connectivity index (χ0v) is 17.2. The monoisotopic (exact) mass is 426 g/mol. The normalized spacial score (nSPS) is 11.8. The first-order valence-electron chi connectivity index (χ1n) is 9.80. The highest BCUT2D eigenvalue weighted by atomic mass is 19.1. The number of nitriles is 1. The number of rotatable bonds is 5. The van der Waals surface area contributed by atoms with Gasteiger partial charge in [0.25, 0.3) is 5.56 Å². The highest BCUT2D eigenvalue weighted by Crippen LogP contribution is 2.33. The fourth-order valence-electron chi connectivity index (χ4n) is 3.91. The molecule has 0 aliphatic carbocycles. The van der Waals surface area contributed by atoms with Gasteiger partial charge in [0.05, 0.1) is 27.9 Å². The van der Waals surface area contributed by atoms with Crippen LogP contribution in [0, 0.1) is 22.6 Å². The largest absolute Gasteiger partial charge is 0.387 e. The summed E-state index contributed by atoms with van der Waals surface area (Å²) in [6.07, 6.45) is 1.09. The van der Waals surface area contributed by atoms with E-state index >= 15 is 4.39 Å². The number of nitrogens with one attached hydrogen (secondary N) is 3. The third kappa shape index (κ3) is 3.31. The summed E-state index contributed by atoms with van der Waals surface area (Å²) in [6.45, 7) is 0.108. The Kier molecular flexibility index (Phi) is 5.50. The fourth-order valence-corrected chi connectivity index (χ4v) is 3.91. The Morgan fingerprint density at radius 1 is 1.25 bits per heavy atom. The van der Waals surface area contributed by atoms with E-state index in [-0.39, 0.29) is 28.9 Å². The Labute approximate surface area is 182 Å². The summed E-state index contributed by atoms with van der Waals surface area (Å²) >= 11 is 0. The number of nitrogens with two attached hydrogens (primary N) is 1. The Hall–Kier alpha value is -4.35. The van der Waals surface area contributed by atoms with E-state index in [1.54, 1.807) is 49.5 Å². The molecule has 3 aromatic carbocycles. The topological polar surface area (TPSA) is 131 Å². The molecule has 0 fully saturated rings. The van der Waals surface area contributed by atoms with Gasteiger partial charge in [-0.1, -0.05) is 30.3 Å². The molecular formula is C24H19FN6O. The molecule has 0 saturated heterocycles. The second-order valence-corrected chi connectivity index (χ2v) is 7.09. The molecule has 158 valence electrons. The van der Waals surface area contributed by atoms with Gasteiger partial charge in [-0.05, 0) is 29.1 Å². The van der Waals surface area contributed by atoms with Gasteiger partial charge in [0.2, 0.25) is 0 Å². The summed E-state index contributed by atoms with van der Waals surface area (Å²) in [5.41, 5.74) is 7.35. The van der Waals surface area contributed by atoms with Crippen LogP contribution in [0.5, 0.6) is 0 Å². The summed E-state index contributed by atoms with van der Waals surface area (Å²) < 4.78 is 15.3. The van der Waals surface area contributed by atoms with E-state index in [1.165, 1.54) is 6.07 Å². The summed E-state index contributed by atoms with van der Waals surface area (Å²) in [5.74, 6) is -0.578. The van der Waals surface area contributed by atoms with Crippen LogP contribution in [0.15, 0.2) is 53.3 Å². The maximum Gasteiger partial charge on any atom is 0.272 e. The van der Waals surface area contributed by atoms with E-state index < -0.39 is 5.82 Å². The van der Waals surface area contributed by atoms with Crippen molar-refractivity contribution in [3.05, 3.63) is 87.1 Å². The summed E-state index contributed by atoms with van der Waals surface area (Å²) in [7, 11) is 1.60. The first kappa shape index (κ1) is 20.9. The van der Waals surface area contributed by atoms with E-state index in [1.807, 2.05) is 0 Å². The number of H-pyrrole nitrogens is 1. The number of aromatic amines is 1. The second-order valence-electron chi connectivity index (χ2n) is 7.09. The third-order valence-corrected chi connectivity index (χ3v) is 5.40. The number of aromatic nitrogens is 2. The first-order chi connectivity index (χ1) is 15.5. The van der Waals surface area contributed by atoms with Crippen LogP contribution in [0.1, 0.15) is 22.4 Å². The molecular weight excluding hydrogens is 407 g/mol. The molecule has 7 nitrogen and oxygen atoms in total. The van der Waals surface area contributed by atoms with Gasteiger partial charge in [0.15, 0.2) is 0 Å². The molecule has 8 heteroatoms. The van der Waals surface area contributed by atoms with Crippen LogP contribution in [-0.2, 0) is 6.54 Å². The lowest BCUT2D eigenvalue weighted by atomic mass is 9.92. The van der Waals surface area contributed by atoms with E-state index in [9.17, 15) is 10.1 Å². The number of fused-ring (bicyclic) bond motifs is 2. The van der Waals surface area contributed by atoms with Crippen LogP contribution in [0.4, 0.5) is 4.39 Å². The van der Waals surface area contributed by atoms with Gasteiger partial charge in [0.1, 0.15) is 11.9 Å². The lowest BCUT2D eigenvalue weighted by molar-refractivity contribution is 0.624. The van der Waals surface area contributed by atoms with Crippen LogP contribution in [0.2, 0.25) is 0 Å². The molecule has 0 aliphatic rings. The number of allylic oxidation sites excluding steroid dienone is 1. The van der Waals surface area contributed by atoms with Gasteiger partial charge < -0.3 is 16.5 Å². The van der Waals surface area contributed by atoms with E-state index in [2.05, 4.69) is 21.6 Å². The van der Waals surface area contributed by atoms with Crippen molar-refractivity contribution in [2.75, 3.05) is 7.05 Å². The average Bonchev–Trinajstić information content (AvgIpc) is 2.82. The van der Waals surface area contributed by atoms with Crippen LogP contribution in [-0.4, -0.2) is 23.5 Å². The maximum absolute atomic E-state index is 15.3. The molecule has 0 aliphatic heterocycles. The summed E-state index contributed by atoms with van der Waals surface area (Å²) in [4.78, 5) is 12.1. The molecule has 0 radical (unpaired) electrons. The van der Waals surface area contributed by atoms with E-state index in [0.29, 0.717) is 38.4 Å². The molecule has 4 rings (SSSR count). The van der Waals surface area contributed by atoms with Gasteiger partial charge in [-0.15, -0.1) is 0 Å². The highest BCUT2D eigenvalue weighted by Gasteiger charge is 2.20. The SMILES string of the molecule is CN/C(=C(\C=N)c1ccc2c(=O)[nH]nc(CN)c2c1)c1c(F)cc2ccccc2c1C#N. The molecule has 0 atom stereocenters. The molecule has 0 spiro atoms. The molecule has 0 saturated carbocycles. The zero-order valence-electron chi connectivity index (χ0n) is 17.2. The molecule has 4 aromatic rings. The molecule has 0 amide bonds. The average molecular weight is 426 g/mol. The Bertz CT molecular complexity index is 1510. The van der Waals surface area contributed by atoms with E-state index in [4.69, 9.17) is 11.1 Å². The van der Waals surface area contributed by atoms with Crippen LogP contribution in [0.25, 0.3) is 32.8 Å². The van der Waals surface area contributed by atoms with Crippen molar-refractivity contribution in [3.63, 3.8) is 0 Å². The number of halogens is 1. The molecule has 5 N–H and O–H groups in total. The standard InChI is InChI=1S/C24H19FN6O/c1-29-23(22-19(11-27)15-5-3-2-4-13(15)9-20(22)25)18(10-26)14-6-7-16-17(8-14)21(12-28)30-31-24(16)32/h2-10,26,29H,12,28H2,1H3,(H,31,32)/b23-18+,26-10?. The van der Waals surface area contributed by atoms with Crippen LogP contribution in [0.3, 0.4) is 0 Å². The minimum Gasteiger partial charge on any atom is -0.387 e. The van der Waals surface area contributed by atoms with Gasteiger partial charge in [0, 0.05) is 36.2 Å². The number of hydrogen-bond donors (Lipinski definition) is 4. The number of benzene rings is 3. The number of hydrogen-bond acceptors (Lipinski definition) is 6. The summed E-state index contributed by atoms with van der Waals surface area (Å²) in [5, 5.41) is 29.5. The second kappa shape index (κ2) is 8.41. The van der Waals surface area contributed by atoms with Gasteiger partial charge in [-0.2, -0.15) is 10.4 Å². The van der Waals surface area contributed by atoms with Crippen molar-refractivity contribution in [1.82, 2.24) is 15.5 Å². The smallest absolute Gasteiger partial charge is 0.272 e. The summed E-state index contributed by atoms with van der Waals surface area (Å²) in [6, 6.07) is 15.5. The molecule has 1 heterocycles. The Balaban J connectivity index is 2.06. The first-order valence-corrected chi connectivity index (χ1v) is 9.80. The van der Waals surface area contributed by atoms with Crippen molar-refractivity contribution in [3.8, 4) is 6.07 Å².